The Bertz CT molecular complexity index is 935. The van der Waals surface area contributed by atoms with E-state index in [2.05, 4.69) is 16.2 Å². The summed E-state index contributed by atoms with van der Waals surface area (Å²) in [5.41, 5.74) is 2.71. The summed E-state index contributed by atoms with van der Waals surface area (Å²) >= 11 is 0. The van der Waals surface area contributed by atoms with Crippen LogP contribution in [-0.2, 0) is 13.0 Å². The summed E-state index contributed by atoms with van der Waals surface area (Å²) in [7, 11) is 0. The van der Waals surface area contributed by atoms with Crippen LogP contribution in [0.5, 0.6) is 5.75 Å². The molecule has 0 spiro atoms. The normalized spacial score (nSPS) is 13.3. The highest BCUT2D eigenvalue weighted by Gasteiger charge is 2.25. The van der Waals surface area contributed by atoms with Crippen LogP contribution in [0, 0.1) is 6.92 Å². The lowest BCUT2D eigenvalue weighted by Gasteiger charge is -2.30. The molecule has 6 nitrogen and oxygen atoms in total. The maximum absolute atomic E-state index is 13.2. The van der Waals surface area contributed by atoms with Gasteiger partial charge in [0.1, 0.15) is 5.75 Å². The molecule has 0 saturated carbocycles. The highest BCUT2D eigenvalue weighted by Crippen LogP contribution is 2.30. The maximum Gasteiger partial charge on any atom is 0.262 e. The Kier molecular flexibility index (Phi) is 4.39. The largest absolute Gasteiger partial charge is 0.485 e. The maximum atomic E-state index is 13.2. The molecule has 1 aliphatic heterocycles. The van der Waals surface area contributed by atoms with Crippen molar-refractivity contribution in [3.8, 4) is 5.75 Å². The monoisotopic (exact) mass is 349 g/mol. The number of fused-ring (bicyclic) bond motifs is 1. The molecule has 0 radical (unpaired) electrons. The molecule has 1 amide bonds. The summed E-state index contributed by atoms with van der Waals surface area (Å²) in [5, 5.41) is 3.82. The van der Waals surface area contributed by atoms with Crippen molar-refractivity contribution in [3.05, 3.63) is 71.4 Å². The van der Waals surface area contributed by atoms with E-state index in [1.54, 1.807) is 19.1 Å². The number of hydrogen-bond donors (Lipinski definition) is 0. The van der Waals surface area contributed by atoms with E-state index in [0.29, 0.717) is 29.6 Å². The number of ether oxygens (including phenoxy) is 1. The quantitative estimate of drug-likeness (QED) is 0.720. The van der Waals surface area contributed by atoms with E-state index in [4.69, 9.17) is 9.26 Å². The SMILES string of the molecule is Cc1nc(COc2ccccc2C(=O)N2CCCc3ccccc32)no1. The van der Waals surface area contributed by atoms with Crippen molar-refractivity contribution >= 4 is 11.6 Å². The number of anilines is 1. The molecule has 0 bridgehead atoms. The van der Waals surface area contributed by atoms with E-state index >= 15 is 0 Å². The van der Waals surface area contributed by atoms with Gasteiger partial charge in [0.15, 0.2) is 6.61 Å². The Morgan fingerprint density at radius 3 is 2.85 bits per heavy atom. The molecule has 4 rings (SSSR count). The van der Waals surface area contributed by atoms with Gasteiger partial charge in [-0.1, -0.05) is 35.5 Å². The number of hydrogen-bond acceptors (Lipinski definition) is 5. The number of rotatable bonds is 4. The average Bonchev–Trinajstić information content (AvgIpc) is 3.11. The van der Waals surface area contributed by atoms with Crippen molar-refractivity contribution in [2.45, 2.75) is 26.4 Å². The summed E-state index contributed by atoms with van der Waals surface area (Å²) in [6.07, 6.45) is 1.95. The predicted octanol–water partition coefficient (Wildman–Crippen LogP) is 3.55. The molecule has 3 aromatic rings. The number of benzene rings is 2. The van der Waals surface area contributed by atoms with Crippen molar-refractivity contribution in [2.24, 2.45) is 0 Å². The number of nitrogens with zero attached hydrogens (tertiary/aromatic N) is 3. The van der Waals surface area contributed by atoms with Gasteiger partial charge in [0, 0.05) is 19.2 Å². The van der Waals surface area contributed by atoms with Gasteiger partial charge >= 0.3 is 0 Å². The van der Waals surface area contributed by atoms with Crippen molar-refractivity contribution in [1.82, 2.24) is 10.1 Å². The van der Waals surface area contributed by atoms with Gasteiger partial charge in [-0.15, -0.1) is 0 Å². The molecule has 0 unspecified atom stereocenters. The van der Waals surface area contributed by atoms with E-state index in [1.165, 1.54) is 5.56 Å². The molecule has 26 heavy (non-hydrogen) atoms. The van der Waals surface area contributed by atoms with Crippen LogP contribution in [0.3, 0.4) is 0 Å². The van der Waals surface area contributed by atoms with Gasteiger partial charge in [0.25, 0.3) is 5.91 Å². The molecular formula is C20H19N3O3. The Balaban J connectivity index is 1.59. The number of carbonyl (C=O) groups is 1. The van der Waals surface area contributed by atoms with E-state index < -0.39 is 0 Å². The minimum Gasteiger partial charge on any atom is -0.485 e. The van der Waals surface area contributed by atoms with Crippen LogP contribution in [0.2, 0.25) is 0 Å². The highest BCUT2D eigenvalue weighted by atomic mass is 16.5. The van der Waals surface area contributed by atoms with Crippen molar-refractivity contribution in [2.75, 3.05) is 11.4 Å². The second-order valence-electron chi connectivity index (χ2n) is 6.20. The van der Waals surface area contributed by atoms with Crippen molar-refractivity contribution in [3.63, 3.8) is 0 Å². The lowest BCUT2D eigenvalue weighted by Crippen LogP contribution is -2.35. The smallest absolute Gasteiger partial charge is 0.262 e. The zero-order chi connectivity index (χ0) is 17.9. The van der Waals surface area contributed by atoms with Gasteiger partial charge in [-0.2, -0.15) is 4.98 Å². The Morgan fingerprint density at radius 1 is 1.19 bits per heavy atom. The molecule has 1 aliphatic rings. The molecule has 1 aromatic heterocycles. The third kappa shape index (κ3) is 3.18. The Labute approximate surface area is 151 Å². The first-order valence-corrected chi connectivity index (χ1v) is 8.63. The second kappa shape index (κ2) is 7.00. The minimum atomic E-state index is -0.0583. The van der Waals surface area contributed by atoms with Crippen molar-refractivity contribution in [1.29, 1.82) is 0 Å². The summed E-state index contributed by atoms with van der Waals surface area (Å²) in [6, 6.07) is 15.3. The van der Waals surface area contributed by atoms with Crippen LogP contribution in [0.15, 0.2) is 53.1 Å². The van der Waals surface area contributed by atoms with Crippen LogP contribution in [0.4, 0.5) is 5.69 Å². The number of aromatic nitrogens is 2. The molecule has 0 saturated heterocycles. The minimum absolute atomic E-state index is 0.0583. The topological polar surface area (TPSA) is 68.5 Å². The lowest BCUT2D eigenvalue weighted by molar-refractivity contribution is 0.0980. The van der Waals surface area contributed by atoms with Gasteiger partial charge in [0.2, 0.25) is 11.7 Å². The van der Waals surface area contributed by atoms with Crippen LogP contribution >= 0.6 is 0 Å². The van der Waals surface area contributed by atoms with Crippen LogP contribution < -0.4 is 9.64 Å². The molecule has 132 valence electrons. The van der Waals surface area contributed by atoms with Gasteiger partial charge in [0.05, 0.1) is 5.56 Å². The molecule has 0 N–H and O–H groups in total. The first kappa shape index (κ1) is 16.3. The van der Waals surface area contributed by atoms with Gasteiger partial charge < -0.3 is 14.2 Å². The van der Waals surface area contributed by atoms with Gasteiger partial charge in [-0.25, -0.2) is 0 Å². The fourth-order valence-corrected chi connectivity index (χ4v) is 3.20. The third-order valence-electron chi connectivity index (χ3n) is 4.40. The number of amides is 1. The summed E-state index contributed by atoms with van der Waals surface area (Å²) in [4.78, 5) is 19.1. The van der Waals surface area contributed by atoms with E-state index in [0.717, 1.165) is 18.5 Å². The first-order valence-electron chi connectivity index (χ1n) is 8.63. The molecule has 0 fully saturated rings. The van der Waals surface area contributed by atoms with Crippen LogP contribution in [0.25, 0.3) is 0 Å². The standard InChI is InChI=1S/C20H19N3O3/c1-14-21-19(22-26-14)13-25-18-11-5-3-9-16(18)20(24)23-12-6-8-15-7-2-4-10-17(15)23/h2-5,7,9-11H,6,8,12-13H2,1H3. The zero-order valence-corrected chi connectivity index (χ0v) is 14.5. The van der Waals surface area contributed by atoms with E-state index in [1.807, 2.05) is 35.2 Å². The molecule has 0 aliphatic carbocycles. The zero-order valence-electron chi connectivity index (χ0n) is 14.5. The Hall–Kier alpha value is -3.15. The summed E-state index contributed by atoms with van der Waals surface area (Å²) < 4.78 is 10.8. The molecular weight excluding hydrogens is 330 g/mol. The second-order valence-corrected chi connectivity index (χ2v) is 6.20. The molecule has 2 heterocycles. The molecule has 2 aromatic carbocycles. The predicted molar refractivity (Wildman–Crippen MR) is 96.2 cm³/mol. The van der Waals surface area contributed by atoms with E-state index in [-0.39, 0.29) is 12.5 Å². The van der Waals surface area contributed by atoms with Gasteiger partial charge in [-0.05, 0) is 36.6 Å². The summed E-state index contributed by atoms with van der Waals surface area (Å²) in [5.74, 6) is 1.39. The molecule has 0 atom stereocenters. The van der Waals surface area contributed by atoms with Crippen LogP contribution in [-0.4, -0.2) is 22.6 Å². The van der Waals surface area contributed by atoms with Gasteiger partial charge in [-0.3, -0.25) is 4.79 Å². The fourth-order valence-electron chi connectivity index (χ4n) is 3.20. The van der Waals surface area contributed by atoms with Crippen molar-refractivity contribution < 1.29 is 14.1 Å². The molecule has 6 heteroatoms. The third-order valence-corrected chi connectivity index (χ3v) is 4.40. The Morgan fingerprint density at radius 2 is 2.00 bits per heavy atom. The number of aryl methyl sites for hydroxylation is 2. The van der Waals surface area contributed by atoms with Crippen LogP contribution in [0.1, 0.15) is 34.1 Å². The number of carbonyl (C=O) groups excluding carboxylic acids is 1. The average molecular weight is 349 g/mol. The number of para-hydroxylation sites is 2. The summed E-state index contributed by atoms with van der Waals surface area (Å²) in [6.45, 7) is 2.58. The fraction of sp³-hybridized carbons (Fsp3) is 0.250. The first-order chi connectivity index (χ1) is 12.7. The highest BCUT2D eigenvalue weighted by molar-refractivity contribution is 6.08. The lowest BCUT2D eigenvalue weighted by atomic mass is 10.0. The van der Waals surface area contributed by atoms with E-state index in [9.17, 15) is 4.79 Å².